The van der Waals surface area contributed by atoms with Crippen molar-refractivity contribution in [3.63, 3.8) is 0 Å². The number of carbonyl (C=O) groups is 2. The van der Waals surface area contributed by atoms with Crippen LogP contribution in [0.1, 0.15) is 6.42 Å². The number of hydrogen-bond donors (Lipinski definition) is 3. The Balaban J connectivity index is 2.08. The Morgan fingerprint density at radius 2 is 2.56 bits per heavy atom. The number of nitrogens with one attached hydrogen (secondary N) is 1. The van der Waals surface area contributed by atoms with Crippen LogP contribution in [0.4, 0.5) is 5.95 Å². The second-order valence-corrected chi connectivity index (χ2v) is 3.63. The molecule has 0 saturated carbocycles. The van der Waals surface area contributed by atoms with Crippen LogP contribution in [0.3, 0.4) is 0 Å². The number of nitrogens with two attached hydrogens (primary N) is 1. The van der Waals surface area contributed by atoms with E-state index >= 15 is 0 Å². The number of amides is 1. The maximum atomic E-state index is 11.6. The van der Waals surface area contributed by atoms with Crippen LogP contribution in [0.5, 0.6) is 0 Å². The normalized spacial score (nSPS) is 21.1. The molecule has 1 aromatic heterocycles. The molecule has 0 fully saturated rings. The van der Waals surface area contributed by atoms with E-state index in [1.807, 2.05) is 0 Å². The third-order valence-electron chi connectivity index (χ3n) is 2.47. The lowest BCUT2D eigenvalue weighted by Crippen LogP contribution is -2.40. The summed E-state index contributed by atoms with van der Waals surface area (Å²) < 4.78 is 1.51. The maximum Gasteiger partial charge on any atom is 0.320 e. The third-order valence-corrected chi connectivity index (χ3v) is 2.47. The van der Waals surface area contributed by atoms with Crippen LogP contribution in [0.25, 0.3) is 0 Å². The summed E-state index contributed by atoms with van der Waals surface area (Å²) in [5.41, 5.74) is 5.38. The Labute approximate surface area is 90.4 Å². The van der Waals surface area contributed by atoms with Gasteiger partial charge in [0.05, 0.1) is 12.5 Å². The van der Waals surface area contributed by atoms with E-state index in [9.17, 15) is 9.59 Å². The summed E-state index contributed by atoms with van der Waals surface area (Å²) in [6.07, 6.45) is 1.41. The molecule has 16 heavy (non-hydrogen) atoms. The molecule has 2 rings (SSSR count). The van der Waals surface area contributed by atoms with Gasteiger partial charge < -0.3 is 10.8 Å². The molecule has 1 aromatic rings. The summed E-state index contributed by atoms with van der Waals surface area (Å²) in [6.45, 7) is 0.308. The molecule has 2 heterocycles. The number of aromatic nitrogens is 3. The summed E-state index contributed by atoms with van der Waals surface area (Å²) in [4.78, 5) is 26.0. The first-order valence-corrected chi connectivity index (χ1v) is 4.75. The Morgan fingerprint density at radius 1 is 1.81 bits per heavy atom. The Bertz CT molecular complexity index is 429. The third kappa shape index (κ3) is 1.87. The molecule has 0 bridgehead atoms. The molecule has 2 atom stereocenters. The minimum Gasteiger partial charge on any atom is -0.480 e. The zero-order valence-electron chi connectivity index (χ0n) is 8.33. The second kappa shape index (κ2) is 3.89. The fourth-order valence-electron chi connectivity index (χ4n) is 1.59. The molecule has 0 spiro atoms. The number of fused-ring (bicyclic) bond motifs is 1. The standard InChI is InChI=1S/C8H11N5O3/c9-5(7(15)16)1-4-2-13-8(10-3-11-13)12-6(4)14/h3-5H,1-2,9H2,(H,15,16)(H,10,11,12,14)/t4?,5-/m0/s1. The number of anilines is 1. The van der Waals surface area contributed by atoms with Gasteiger partial charge in [-0.05, 0) is 6.42 Å². The second-order valence-electron chi connectivity index (χ2n) is 3.63. The van der Waals surface area contributed by atoms with Gasteiger partial charge >= 0.3 is 5.97 Å². The highest BCUT2D eigenvalue weighted by atomic mass is 16.4. The summed E-state index contributed by atoms with van der Waals surface area (Å²) >= 11 is 0. The molecule has 1 unspecified atom stereocenters. The van der Waals surface area contributed by atoms with Crippen molar-refractivity contribution in [1.29, 1.82) is 0 Å². The van der Waals surface area contributed by atoms with Crippen molar-refractivity contribution >= 4 is 17.8 Å². The average Bonchev–Trinajstić information content (AvgIpc) is 2.65. The molecule has 0 radical (unpaired) electrons. The number of carboxylic acid groups (broad SMARTS) is 1. The van der Waals surface area contributed by atoms with Crippen LogP contribution < -0.4 is 11.1 Å². The smallest absolute Gasteiger partial charge is 0.320 e. The molecular weight excluding hydrogens is 214 g/mol. The minimum absolute atomic E-state index is 0.0838. The van der Waals surface area contributed by atoms with Gasteiger partial charge in [0, 0.05) is 0 Å². The molecule has 0 aromatic carbocycles. The fraction of sp³-hybridized carbons (Fsp3) is 0.500. The predicted octanol–water partition coefficient (Wildman–Crippen LogP) is -1.35. The van der Waals surface area contributed by atoms with E-state index in [1.54, 1.807) is 0 Å². The predicted molar refractivity (Wildman–Crippen MR) is 52.4 cm³/mol. The monoisotopic (exact) mass is 225 g/mol. The van der Waals surface area contributed by atoms with E-state index < -0.39 is 17.9 Å². The van der Waals surface area contributed by atoms with Crippen molar-refractivity contribution in [2.75, 3.05) is 5.32 Å². The van der Waals surface area contributed by atoms with Crippen molar-refractivity contribution in [3.05, 3.63) is 6.33 Å². The van der Waals surface area contributed by atoms with Crippen molar-refractivity contribution < 1.29 is 14.7 Å². The van der Waals surface area contributed by atoms with Crippen LogP contribution >= 0.6 is 0 Å². The number of nitrogens with zero attached hydrogens (tertiary/aromatic N) is 3. The van der Waals surface area contributed by atoms with Crippen LogP contribution in [-0.2, 0) is 16.1 Å². The number of hydrogen-bond acceptors (Lipinski definition) is 5. The molecule has 86 valence electrons. The van der Waals surface area contributed by atoms with Crippen molar-refractivity contribution in [2.45, 2.75) is 19.0 Å². The van der Waals surface area contributed by atoms with Gasteiger partial charge in [-0.25, -0.2) is 4.68 Å². The number of carboxylic acids is 1. The minimum atomic E-state index is -1.11. The summed E-state index contributed by atoms with van der Waals surface area (Å²) in [6, 6.07) is -1.04. The number of rotatable bonds is 3. The highest BCUT2D eigenvalue weighted by molar-refractivity contribution is 5.92. The highest BCUT2D eigenvalue weighted by Crippen LogP contribution is 2.18. The van der Waals surface area contributed by atoms with Crippen LogP contribution in [-0.4, -0.2) is 37.8 Å². The molecule has 1 aliphatic rings. The van der Waals surface area contributed by atoms with E-state index in [2.05, 4.69) is 15.4 Å². The first-order valence-electron chi connectivity index (χ1n) is 4.75. The van der Waals surface area contributed by atoms with Crippen LogP contribution in [0.2, 0.25) is 0 Å². The maximum absolute atomic E-state index is 11.6. The van der Waals surface area contributed by atoms with Crippen molar-refractivity contribution in [2.24, 2.45) is 11.7 Å². The molecule has 1 aliphatic heterocycles. The molecule has 0 aliphatic carbocycles. The topological polar surface area (TPSA) is 123 Å². The van der Waals surface area contributed by atoms with E-state index in [1.165, 1.54) is 11.0 Å². The first kappa shape index (κ1) is 10.6. The van der Waals surface area contributed by atoms with Gasteiger partial charge in [0.2, 0.25) is 11.9 Å². The lowest BCUT2D eigenvalue weighted by Gasteiger charge is -2.23. The van der Waals surface area contributed by atoms with Gasteiger partial charge in [0.15, 0.2) is 0 Å². The lowest BCUT2D eigenvalue weighted by molar-refractivity contribution is -0.139. The quantitative estimate of drug-likeness (QED) is 0.584. The molecule has 8 nitrogen and oxygen atoms in total. The number of aliphatic carboxylic acids is 1. The average molecular weight is 225 g/mol. The highest BCUT2D eigenvalue weighted by Gasteiger charge is 2.30. The number of carbonyl (C=O) groups excluding carboxylic acids is 1. The Hall–Kier alpha value is -1.96. The zero-order chi connectivity index (χ0) is 11.7. The summed E-state index contributed by atoms with van der Waals surface area (Å²) in [5.74, 6) is -1.49. The SMILES string of the molecule is N[C@@H](CC1Cn2ncnc2NC1=O)C(=O)O. The van der Waals surface area contributed by atoms with Gasteiger partial charge in [-0.1, -0.05) is 0 Å². The summed E-state index contributed by atoms with van der Waals surface area (Å²) in [5, 5.41) is 15.1. The van der Waals surface area contributed by atoms with Crippen molar-refractivity contribution in [3.8, 4) is 0 Å². The largest absolute Gasteiger partial charge is 0.480 e. The van der Waals surface area contributed by atoms with Gasteiger partial charge in [0.1, 0.15) is 12.4 Å². The van der Waals surface area contributed by atoms with E-state index in [4.69, 9.17) is 10.8 Å². The van der Waals surface area contributed by atoms with Crippen molar-refractivity contribution in [1.82, 2.24) is 14.8 Å². The Morgan fingerprint density at radius 3 is 3.25 bits per heavy atom. The molecular formula is C8H11N5O3. The van der Waals surface area contributed by atoms with E-state index in [0.717, 1.165) is 0 Å². The van der Waals surface area contributed by atoms with Gasteiger partial charge in [-0.3, -0.25) is 14.9 Å². The molecule has 4 N–H and O–H groups in total. The van der Waals surface area contributed by atoms with E-state index in [-0.39, 0.29) is 12.3 Å². The van der Waals surface area contributed by atoms with Crippen LogP contribution in [0.15, 0.2) is 6.33 Å². The summed E-state index contributed by atoms with van der Waals surface area (Å²) in [7, 11) is 0. The molecule has 1 amide bonds. The van der Waals surface area contributed by atoms with Crippen LogP contribution in [0, 0.1) is 5.92 Å². The zero-order valence-corrected chi connectivity index (χ0v) is 8.33. The fourth-order valence-corrected chi connectivity index (χ4v) is 1.59. The van der Waals surface area contributed by atoms with Gasteiger partial charge in [0.25, 0.3) is 0 Å². The van der Waals surface area contributed by atoms with E-state index in [0.29, 0.717) is 12.5 Å². The van der Waals surface area contributed by atoms with Gasteiger partial charge in [-0.2, -0.15) is 10.1 Å². The lowest BCUT2D eigenvalue weighted by atomic mass is 9.98. The van der Waals surface area contributed by atoms with Gasteiger partial charge in [-0.15, -0.1) is 0 Å². The molecule has 8 heteroatoms. The first-order chi connectivity index (χ1) is 7.58. The molecule has 0 saturated heterocycles. The Kier molecular flexibility index (Phi) is 2.57.